The lowest BCUT2D eigenvalue weighted by atomic mass is 9.81. The molecule has 1 aliphatic heterocycles. The van der Waals surface area contributed by atoms with E-state index >= 15 is 0 Å². The van der Waals surface area contributed by atoms with Crippen LogP contribution in [0.15, 0.2) is 12.3 Å². The number of pyridine rings is 1. The van der Waals surface area contributed by atoms with Crippen molar-refractivity contribution >= 4 is 23.7 Å². The van der Waals surface area contributed by atoms with E-state index in [0.717, 1.165) is 0 Å². The number of carbonyl (C=O) groups excluding carboxylic acids is 3. The Balaban J connectivity index is 1.62. The zero-order valence-corrected chi connectivity index (χ0v) is 15.3. The summed E-state index contributed by atoms with van der Waals surface area (Å²) in [6.45, 7) is 1.21. The van der Waals surface area contributed by atoms with Crippen LogP contribution in [-0.4, -0.2) is 60.1 Å². The maximum absolute atomic E-state index is 12.9. The largest absolute Gasteiger partial charge is 0.446 e. The van der Waals surface area contributed by atoms with E-state index in [4.69, 9.17) is 16.2 Å². The fourth-order valence-corrected chi connectivity index (χ4v) is 3.47. The maximum atomic E-state index is 12.9. The van der Waals surface area contributed by atoms with Crippen LogP contribution >= 0.6 is 0 Å². The van der Waals surface area contributed by atoms with Crippen molar-refractivity contribution in [2.24, 2.45) is 17.4 Å². The van der Waals surface area contributed by atoms with Crippen molar-refractivity contribution in [1.82, 2.24) is 9.88 Å². The average Bonchev–Trinajstić information content (AvgIpc) is 2.62. The number of nitrogens with two attached hydrogens (primary N) is 2. The SMILES string of the molecule is NC(=O)OC1CC(C(=O)N2CCN(c3ncc(C(F)(F)F)cc3C(N)=O)CC2)C1. The first kappa shape index (κ1) is 20.7. The first-order chi connectivity index (χ1) is 13.6. The third-order valence-electron chi connectivity index (χ3n) is 5.08. The van der Waals surface area contributed by atoms with Gasteiger partial charge in [0, 0.05) is 38.3 Å². The summed E-state index contributed by atoms with van der Waals surface area (Å²) >= 11 is 0. The van der Waals surface area contributed by atoms with E-state index in [0.29, 0.717) is 38.2 Å². The molecule has 29 heavy (non-hydrogen) atoms. The van der Waals surface area contributed by atoms with Crippen molar-refractivity contribution in [1.29, 1.82) is 0 Å². The van der Waals surface area contributed by atoms with E-state index in [9.17, 15) is 27.6 Å². The lowest BCUT2D eigenvalue weighted by Crippen LogP contribution is -2.53. The minimum Gasteiger partial charge on any atom is -0.446 e. The predicted molar refractivity (Wildman–Crippen MR) is 93.7 cm³/mol. The lowest BCUT2D eigenvalue weighted by molar-refractivity contribution is -0.142. The van der Waals surface area contributed by atoms with E-state index in [1.54, 1.807) is 9.80 Å². The van der Waals surface area contributed by atoms with Crippen LogP contribution in [0.4, 0.5) is 23.8 Å². The third-order valence-corrected chi connectivity index (χ3v) is 5.08. The molecule has 2 aliphatic rings. The van der Waals surface area contributed by atoms with Gasteiger partial charge in [-0.25, -0.2) is 9.78 Å². The number of hydrogen-bond donors (Lipinski definition) is 2. The van der Waals surface area contributed by atoms with Crippen LogP contribution in [0.3, 0.4) is 0 Å². The summed E-state index contributed by atoms with van der Waals surface area (Å²) in [5.41, 5.74) is 8.81. The Morgan fingerprint density at radius 3 is 2.24 bits per heavy atom. The number of aromatic nitrogens is 1. The molecule has 0 aromatic carbocycles. The van der Waals surface area contributed by atoms with Crippen molar-refractivity contribution in [2.75, 3.05) is 31.1 Å². The molecule has 1 aromatic heterocycles. The van der Waals surface area contributed by atoms with Crippen LogP contribution in [0.25, 0.3) is 0 Å². The third kappa shape index (κ3) is 4.51. The Kier molecular flexibility index (Phi) is 5.53. The smallest absolute Gasteiger partial charge is 0.417 e. The number of piperazine rings is 1. The minimum absolute atomic E-state index is 0.0659. The molecule has 0 radical (unpaired) electrons. The molecule has 0 spiro atoms. The van der Waals surface area contributed by atoms with E-state index in [1.165, 1.54) is 0 Å². The highest BCUT2D eigenvalue weighted by molar-refractivity contribution is 5.98. The molecule has 9 nitrogen and oxygen atoms in total. The summed E-state index contributed by atoms with van der Waals surface area (Å²) < 4.78 is 43.4. The second-order valence-corrected chi connectivity index (χ2v) is 7.00. The molecule has 0 bridgehead atoms. The second kappa shape index (κ2) is 7.76. The van der Waals surface area contributed by atoms with Gasteiger partial charge in [0.1, 0.15) is 11.9 Å². The highest BCUT2D eigenvalue weighted by Crippen LogP contribution is 2.33. The fraction of sp³-hybridized carbons (Fsp3) is 0.529. The first-order valence-corrected chi connectivity index (χ1v) is 8.93. The molecule has 1 aromatic rings. The van der Waals surface area contributed by atoms with Crippen molar-refractivity contribution in [3.8, 4) is 0 Å². The zero-order valence-electron chi connectivity index (χ0n) is 15.3. The van der Waals surface area contributed by atoms with Gasteiger partial charge in [0.05, 0.1) is 11.1 Å². The van der Waals surface area contributed by atoms with Crippen molar-refractivity contribution in [2.45, 2.75) is 25.1 Å². The van der Waals surface area contributed by atoms with Crippen molar-refractivity contribution in [3.63, 3.8) is 0 Å². The molecule has 4 N–H and O–H groups in total. The first-order valence-electron chi connectivity index (χ1n) is 8.93. The maximum Gasteiger partial charge on any atom is 0.417 e. The average molecular weight is 415 g/mol. The van der Waals surface area contributed by atoms with Crippen molar-refractivity contribution in [3.05, 3.63) is 23.4 Å². The summed E-state index contributed by atoms with van der Waals surface area (Å²) in [6.07, 6.45) is -4.38. The lowest BCUT2D eigenvalue weighted by Gasteiger charge is -2.40. The number of amides is 3. The van der Waals surface area contributed by atoms with Crippen molar-refractivity contribution < 1.29 is 32.3 Å². The molecule has 12 heteroatoms. The van der Waals surface area contributed by atoms with Gasteiger partial charge in [-0.1, -0.05) is 0 Å². The molecule has 3 rings (SSSR count). The molecule has 2 fully saturated rings. The predicted octanol–water partition coefficient (Wildman–Crippen LogP) is 0.722. The molecule has 0 unspecified atom stereocenters. The summed E-state index contributed by atoms with van der Waals surface area (Å²) in [5.74, 6) is -1.27. The molecule has 158 valence electrons. The van der Waals surface area contributed by atoms with Gasteiger partial charge < -0.3 is 26.0 Å². The number of carbonyl (C=O) groups is 3. The Labute approximate surface area is 163 Å². The minimum atomic E-state index is -4.64. The summed E-state index contributed by atoms with van der Waals surface area (Å²) in [6, 6.07) is 0.690. The Morgan fingerprint density at radius 2 is 1.72 bits per heavy atom. The van der Waals surface area contributed by atoms with Gasteiger partial charge in [0.2, 0.25) is 5.91 Å². The van der Waals surface area contributed by atoms with Gasteiger partial charge in [-0.15, -0.1) is 0 Å². The summed E-state index contributed by atoms with van der Waals surface area (Å²) in [5, 5.41) is 0. The van der Waals surface area contributed by atoms with Crippen LogP contribution < -0.4 is 16.4 Å². The Morgan fingerprint density at radius 1 is 1.10 bits per heavy atom. The highest BCUT2D eigenvalue weighted by atomic mass is 19.4. The standard InChI is InChI=1S/C17H20F3N5O4/c18-17(19,20)10-7-12(13(21)26)14(23-8-10)24-1-3-25(4-2-24)15(27)9-5-11(6-9)29-16(22)28/h7-9,11H,1-6H2,(H2,21,26)(H2,22,28). The van der Waals surface area contributed by atoms with Gasteiger partial charge in [-0.05, 0) is 18.9 Å². The van der Waals surface area contributed by atoms with Gasteiger partial charge in [0.25, 0.3) is 5.91 Å². The van der Waals surface area contributed by atoms with E-state index in [1.807, 2.05) is 0 Å². The summed E-state index contributed by atoms with van der Waals surface area (Å²) in [7, 11) is 0. The number of anilines is 1. The number of alkyl halides is 3. The summed E-state index contributed by atoms with van der Waals surface area (Å²) in [4.78, 5) is 41.9. The molecule has 0 atom stereocenters. The number of hydrogen-bond acceptors (Lipinski definition) is 6. The molecule has 1 aliphatic carbocycles. The molecule has 1 saturated carbocycles. The monoisotopic (exact) mass is 415 g/mol. The molecular weight excluding hydrogens is 395 g/mol. The highest BCUT2D eigenvalue weighted by Gasteiger charge is 2.40. The molecule has 2 heterocycles. The number of ether oxygens (including phenoxy) is 1. The fourth-order valence-electron chi connectivity index (χ4n) is 3.47. The quantitative estimate of drug-likeness (QED) is 0.745. The molecular formula is C17H20F3N5O4. The van der Waals surface area contributed by atoms with Crippen LogP contribution in [0, 0.1) is 5.92 Å². The number of halogens is 3. The van der Waals surface area contributed by atoms with Gasteiger partial charge in [-0.3, -0.25) is 9.59 Å². The number of rotatable bonds is 4. The zero-order chi connectivity index (χ0) is 21.3. The van der Waals surface area contributed by atoms with Crippen LogP contribution in [-0.2, 0) is 15.7 Å². The molecule has 1 saturated heterocycles. The van der Waals surface area contributed by atoms with E-state index in [2.05, 4.69) is 4.98 Å². The topological polar surface area (TPSA) is 132 Å². The Hall–Kier alpha value is -3.05. The van der Waals surface area contributed by atoms with E-state index < -0.39 is 23.7 Å². The Bertz CT molecular complexity index is 818. The normalized spacial score (nSPS) is 22.0. The van der Waals surface area contributed by atoms with Crippen LogP contribution in [0.1, 0.15) is 28.8 Å². The molecule has 3 amide bonds. The van der Waals surface area contributed by atoms with Gasteiger partial charge in [-0.2, -0.15) is 13.2 Å². The number of primary amides is 2. The van der Waals surface area contributed by atoms with Crippen LogP contribution in [0.5, 0.6) is 0 Å². The van der Waals surface area contributed by atoms with E-state index in [-0.39, 0.29) is 42.4 Å². The van der Waals surface area contributed by atoms with Gasteiger partial charge >= 0.3 is 12.3 Å². The van der Waals surface area contributed by atoms with Crippen LogP contribution in [0.2, 0.25) is 0 Å². The van der Waals surface area contributed by atoms with Gasteiger partial charge in [0.15, 0.2) is 0 Å². The number of nitrogens with zero attached hydrogens (tertiary/aromatic N) is 3. The second-order valence-electron chi connectivity index (χ2n) is 7.00.